The van der Waals surface area contributed by atoms with E-state index < -0.39 is 0 Å². The van der Waals surface area contributed by atoms with Crippen LogP contribution in [-0.4, -0.2) is 58.1 Å². The van der Waals surface area contributed by atoms with Gasteiger partial charge in [0.25, 0.3) is 5.91 Å². The van der Waals surface area contributed by atoms with Crippen LogP contribution in [0, 0.1) is 0 Å². The number of nitrogens with zero attached hydrogens (tertiary/aromatic N) is 3. The van der Waals surface area contributed by atoms with E-state index in [1.807, 2.05) is 21.9 Å². The maximum absolute atomic E-state index is 12.6. The lowest BCUT2D eigenvalue weighted by Gasteiger charge is -2.36. The molecule has 0 aromatic carbocycles. The van der Waals surface area contributed by atoms with E-state index in [1.165, 1.54) is 6.42 Å². The van der Waals surface area contributed by atoms with Crippen LogP contribution in [0.5, 0.6) is 0 Å². The van der Waals surface area contributed by atoms with E-state index >= 15 is 0 Å². The van der Waals surface area contributed by atoms with Crippen LogP contribution in [0.2, 0.25) is 0 Å². The summed E-state index contributed by atoms with van der Waals surface area (Å²) in [5.41, 5.74) is 0.210. The van der Waals surface area contributed by atoms with Crippen LogP contribution < -0.4 is 0 Å². The Bertz CT molecular complexity index is 697. The maximum Gasteiger partial charge on any atom is 0.410 e. The van der Waals surface area contributed by atoms with Crippen LogP contribution in [0.15, 0.2) is 22.8 Å². The molecule has 0 bridgehead atoms. The standard InChI is InChI=1S/C19H24BrN3O3/c20-16-6-4-5-15(21-16)17(24)22-11-7-14(8-12-22)23-13-19(26-18(23)25)9-2-1-3-10-19/h4-6,14H,1-3,7-13H2. The second kappa shape index (κ2) is 7.18. The van der Waals surface area contributed by atoms with Gasteiger partial charge in [0, 0.05) is 19.1 Å². The van der Waals surface area contributed by atoms with Crippen LogP contribution >= 0.6 is 15.9 Å². The Balaban J connectivity index is 1.36. The van der Waals surface area contributed by atoms with Crippen molar-refractivity contribution in [2.45, 2.75) is 56.6 Å². The minimum atomic E-state index is -0.247. The van der Waals surface area contributed by atoms with Gasteiger partial charge in [-0.25, -0.2) is 9.78 Å². The van der Waals surface area contributed by atoms with Gasteiger partial charge in [-0.2, -0.15) is 0 Å². The molecule has 0 unspecified atom stereocenters. The number of carbonyl (C=O) groups is 2. The SMILES string of the molecule is O=C(c1cccc(Br)n1)N1CCC(N2CC3(CCCCC3)OC2=O)CC1. The van der Waals surface area contributed by atoms with Crippen LogP contribution in [0.4, 0.5) is 4.79 Å². The fourth-order valence-corrected chi connectivity index (χ4v) is 4.80. The van der Waals surface area contributed by atoms with Crippen LogP contribution in [0.1, 0.15) is 55.4 Å². The van der Waals surface area contributed by atoms with Gasteiger partial charge in [-0.15, -0.1) is 0 Å². The number of pyridine rings is 1. The molecule has 0 radical (unpaired) electrons. The van der Waals surface area contributed by atoms with Gasteiger partial charge in [-0.1, -0.05) is 12.5 Å². The topological polar surface area (TPSA) is 62.7 Å². The van der Waals surface area contributed by atoms with Gasteiger partial charge >= 0.3 is 6.09 Å². The lowest BCUT2D eigenvalue weighted by Crippen LogP contribution is -2.48. The number of amides is 2. The summed E-state index contributed by atoms with van der Waals surface area (Å²) in [7, 11) is 0. The first kappa shape index (κ1) is 17.8. The quantitative estimate of drug-likeness (QED) is 0.684. The molecule has 0 atom stereocenters. The Kier molecular flexibility index (Phi) is 4.90. The normalized spacial score (nSPS) is 23.3. The Labute approximate surface area is 162 Å². The molecular formula is C19H24BrN3O3. The number of likely N-dealkylation sites (tertiary alicyclic amines) is 1. The van der Waals surface area contributed by atoms with Gasteiger partial charge in [0.15, 0.2) is 0 Å². The number of halogens is 1. The van der Waals surface area contributed by atoms with Gasteiger partial charge in [0.1, 0.15) is 15.9 Å². The molecule has 1 aromatic rings. The van der Waals surface area contributed by atoms with Gasteiger partial charge in [0.05, 0.1) is 6.54 Å². The lowest BCUT2D eigenvalue weighted by molar-refractivity contribution is 0.0259. The van der Waals surface area contributed by atoms with E-state index in [9.17, 15) is 9.59 Å². The van der Waals surface area contributed by atoms with E-state index in [2.05, 4.69) is 20.9 Å². The van der Waals surface area contributed by atoms with Crippen molar-refractivity contribution in [3.05, 3.63) is 28.5 Å². The highest BCUT2D eigenvalue weighted by molar-refractivity contribution is 9.10. The molecule has 3 aliphatic rings. The Morgan fingerprint density at radius 1 is 1.19 bits per heavy atom. The summed E-state index contributed by atoms with van der Waals surface area (Å²) < 4.78 is 6.47. The van der Waals surface area contributed by atoms with Gasteiger partial charge < -0.3 is 14.5 Å². The van der Waals surface area contributed by atoms with E-state index in [0.29, 0.717) is 23.4 Å². The monoisotopic (exact) mass is 421 g/mol. The number of hydrogen-bond donors (Lipinski definition) is 0. The molecule has 3 fully saturated rings. The molecular weight excluding hydrogens is 398 g/mol. The van der Waals surface area contributed by atoms with Crippen molar-refractivity contribution >= 4 is 27.9 Å². The fourth-order valence-electron chi connectivity index (χ4n) is 4.46. The number of rotatable bonds is 2. The molecule has 1 aliphatic carbocycles. The second-order valence-electron chi connectivity index (χ2n) is 7.61. The van der Waals surface area contributed by atoms with Crippen molar-refractivity contribution in [3.8, 4) is 0 Å². The molecule has 1 spiro atoms. The smallest absolute Gasteiger partial charge is 0.410 e. The minimum absolute atomic E-state index is 0.0440. The zero-order valence-electron chi connectivity index (χ0n) is 14.8. The summed E-state index contributed by atoms with van der Waals surface area (Å²) in [6.07, 6.45) is 6.94. The van der Waals surface area contributed by atoms with Crippen molar-refractivity contribution in [3.63, 3.8) is 0 Å². The average molecular weight is 422 g/mol. The molecule has 3 heterocycles. The molecule has 4 rings (SSSR count). The number of carbonyl (C=O) groups excluding carboxylic acids is 2. The summed E-state index contributed by atoms with van der Waals surface area (Å²) in [6, 6.07) is 5.54. The van der Waals surface area contributed by atoms with E-state index in [-0.39, 0.29) is 23.6 Å². The number of ether oxygens (including phenoxy) is 1. The van der Waals surface area contributed by atoms with E-state index in [0.717, 1.165) is 45.1 Å². The summed E-state index contributed by atoms with van der Waals surface area (Å²) in [6.45, 7) is 2.01. The molecule has 140 valence electrons. The Morgan fingerprint density at radius 2 is 1.92 bits per heavy atom. The first-order valence-corrected chi connectivity index (χ1v) is 10.3. The Hall–Kier alpha value is -1.63. The lowest BCUT2D eigenvalue weighted by atomic mass is 9.84. The maximum atomic E-state index is 12.6. The zero-order valence-corrected chi connectivity index (χ0v) is 16.4. The van der Waals surface area contributed by atoms with Gasteiger partial charge in [-0.05, 0) is 66.6 Å². The van der Waals surface area contributed by atoms with Crippen molar-refractivity contribution in [2.75, 3.05) is 19.6 Å². The summed E-state index contributed by atoms with van der Waals surface area (Å²) >= 11 is 3.31. The average Bonchev–Trinajstić information content (AvgIpc) is 2.97. The second-order valence-corrected chi connectivity index (χ2v) is 8.42. The molecule has 2 aliphatic heterocycles. The fraction of sp³-hybridized carbons (Fsp3) is 0.632. The van der Waals surface area contributed by atoms with Gasteiger partial charge in [-0.3, -0.25) is 4.79 Å². The summed E-state index contributed by atoms with van der Waals surface area (Å²) in [4.78, 5) is 33.1. The predicted molar refractivity (Wildman–Crippen MR) is 99.9 cm³/mol. The van der Waals surface area contributed by atoms with E-state index in [4.69, 9.17) is 4.74 Å². The third kappa shape index (κ3) is 3.46. The molecule has 1 saturated carbocycles. The van der Waals surface area contributed by atoms with E-state index in [1.54, 1.807) is 6.07 Å². The molecule has 26 heavy (non-hydrogen) atoms. The highest BCUT2D eigenvalue weighted by atomic mass is 79.9. The van der Waals surface area contributed by atoms with Crippen molar-refractivity contribution in [1.29, 1.82) is 0 Å². The first-order chi connectivity index (χ1) is 12.6. The van der Waals surface area contributed by atoms with Crippen molar-refractivity contribution < 1.29 is 14.3 Å². The zero-order chi connectivity index (χ0) is 18.1. The van der Waals surface area contributed by atoms with Crippen LogP contribution in [-0.2, 0) is 4.74 Å². The molecule has 7 heteroatoms. The highest BCUT2D eigenvalue weighted by Crippen LogP contribution is 2.38. The molecule has 0 N–H and O–H groups in total. The minimum Gasteiger partial charge on any atom is -0.441 e. The third-order valence-corrected chi connectivity index (χ3v) is 6.33. The first-order valence-electron chi connectivity index (χ1n) is 9.48. The predicted octanol–water partition coefficient (Wildman–Crippen LogP) is 3.60. The molecule has 2 saturated heterocycles. The van der Waals surface area contributed by atoms with Gasteiger partial charge in [0.2, 0.25) is 0 Å². The summed E-state index contributed by atoms with van der Waals surface area (Å²) in [5, 5.41) is 0. The Morgan fingerprint density at radius 3 is 2.62 bits per heavy atom. The number of hydrogen-bond acceptors (Lipinski definition) is 4. The highest BCUT2D eigenvalue weighted by Gasteiger charge is 2.48. The van der Waals surface area contributed by atoms with Crippen molar-refractivity contribution in [1.82, 2.24) is 14.8 Å². The molecule has 2 amide bonds. The number of aromatic nitrogens is 1. The summed E-state index contributed by atoms with van der Waals surface area (Å²) in [5.74, 6) is -0.0440. The number of piperidine rings is 1. The molecule has 1 aromatic heterocycles. The third-order valence-electron chi connectivity index (χ3n) is 5.89. The largest absolute Gasteiger partial charge is 0.441 e. The van der Waals surface area contributed by atoms with Crippen LogP contribution in [0.3, 0.4) is 0 Å². The van der Waals surface area contributed by atoms with Crippen molar-refractivity contribution in [2.24, 2.45) is 0 Å². The molecule has 6 nitrogen and oxygen atoms in total. The van der Waals surface area contributed by atoms with Crippen LogP contribution in [0.25, 0.3) is 0 Å².